The van der Waals surface area contributed by atoms with Gasteiger partial charge in [-0.25, -0.2) is 0 Å². The maximum Gasteiger partial charge on any atom is 0.138 e. The molecule has 0 atom stereocenters. The lowest BCUT2D eigenvalue weighted by Gasteiger charge is -2.12. The van der Waals surface area contributed by atoms with E-state index in [4.69, 9.17) is 0 Å². The summed E-state index contributed by atoms with van der Waals surface area (Å²) in [5.74, 6) is -0.600. The molecule has 3 heteroatoms. The molecule has 58 valence electrons. The summed E-state index contributed by atoms with van der Waals surface area (Å²) in [5.41, 5.74) is 0. The van der Waals surface area contributed by atoms with Crippen LogP contribution < -0.4 is 17.0 Å². The fraction of sp³-hybridized carbons (Fsp3) is 1.00. The Balaban J connectivity index is 0. The lowest BCUT2D eigenvalue weighted by Crippen LogP contribution is -3.00. The number of halogens is 2. The Morgan fingerprint density at radius 3 is 1.22 bits per heavy atom. The highest BCUT2D eigenvalue weighted by molar-refractivity contribution is 9.42. The zero-order valence-electron chi connectivity index (χ0n) is 6.32. The van der Waals surface area contributed by atoms with Crippen LogP contribution in [0.5, 0.6) is 0 Å². The van der Waals surface area contributed by atoms with Gasteiger partial charge < -0.3 is 17.0 Å². The highest BCUT2D eigenvalue weighted by Gasteiger charge is 2.26. The third-order valence-corrected chi connectivity index (χ3v) is 9.61. The normalized spacial score (nSPS) is 10.7. The van der Waals surface area contributed by atoms with Crippen molar-refractivity contribution in [3.05, 3.63) is 0 Å². The van der Waals surface area contributed by atoms with E-state index in [2.05, 4.69) is 36.3 Å². The van der Waals surface area contributed by atoms with E-state index >= 15 is 0 Å². The fourth-order valence-electron chi connectivity index (χ4n) is 0.671. The first-order valence-electron chi connectivity index (χ1n) is 3.24. The Bertz CT molecular complexity index is 53.8. The molecule has 0 spiro atoms. The van der Waals surface area contributed by atoms with E-state index < -0.39 is 5.96 Å². The first-order valence-corrected chi connectivity index (χ1v) is 7.60. The Labute approximate surface area is 77.6 Å². The van der Waals surface area contributed by atoms with E-state index in [1.165, 1.54) is 18.5 Å². The van der Waals surface area contributed by atoms with Crippen LogP contribution in [0.2, 0.25) is 0 Å². The van der Waals surface area contributed by atoms with Gasteiger partial charge >= 0.3 is 0 Å². The number of rotatable bonds is 3. The maximum atomic E-state index is 3.79. The summed E-state index contributed by atoms with van der Waals surface area (Å²) in [6, 6.07) is 0. The number of hydrogen-bond donors (Lipinski definition) is 0. The van der Waals surface area contributed by atoms with Gasteiger partial charge in [0.2, 0.25) is 0 Å². The zero-order valence-corrected chi connectivity index (χ0v) is 10.4. The van der Waals surface area contributed by atoms with Crippen LogP contribution in [-0.4, -0.2) is 18.5 Å². The SMILES string of the molecule is CC[P+](Br)(CC)CC.[Br-]. The minimum atomic E-state index is -0.600. The third-order valence-electron chi connectivity index (χ3n) is 1.70. The van der Waals surface area contributed by atoms with Crippen molar-refractivity contribution < 1.29 is 17.0 Å². The van der Waals surface area contributed by atoms with Crippen molar-refractivity contribution >= 4 is 21.5 Å². The van der Waals surface area contributed by atoms with E-state index in [0.29, 0.717) is 0 Å². The second-order valence-corrected chi connectivity index (χ2v) is 10.4. The highest BCUT2D eigenvalue weighted by Crippen LogP contribution is 2.65. The molecule has 0 aliphatic heterocycles. The van der Waals surface area contributed by atoms with Gasteiger partial charge in [-0.05, 0) is 20.8 Å². The molecule has 0 bridgehead atoms. The molecule has 0 amide bonds. The summed E-state index contributed by atoms with van der Waals surface area (Å²) in [6.07, 6.45) is 4.04. The van der Waals surface area contributed by atoms with Crippen LogP contribution in [0, 0.1) is 0 Å². The first-order chi connectivity index (χ1) is 3.68. The second-order valence-electron chi connectivity index (χ2n) is 1.98. The van der Waals surface area contributed by atoms with Crippen LogP contribution in [-0.2, 0) is 0 Å². The van der Waals surface area contributed by atoms with E-state index in [-0.39, 0.29) is 17.0 Å². The molecule has 0 N–H and O–H groups in total. The summed E-state index contributed by atoms with van der Waals surface area (Å²) < 4.78 is 0. The largest absolute Gasteiger partial charge is 1.00 e. The molecule has 0 aromatic rings. The van der Waals surface area contributed by atoms with Crippen LogP contribution in [0.1, 0.15) is 20.8 Å². The van der Waals surface area contributed by atoms with Gasteiger partial charge in [-0.15, -0.1) is 0 Å². The van der Waals surface area contributed by atoms with E-state index in [9.17, 15) is 0 Å². The van der Waals surface area contributed by atoms with Gasteiger partial charge in [-0.3, -0.25) is 0 Å². The monoisotopic (exact) mass is 276 g/mol. The average Bonchev–Trinajstić information content (AvgIpc) is 1.87. The van der Waals surface area contributed by atoms with Crippen molar-refractivity contribution in [2.45, 2.75) is 20.8 Å². The molecule has 0 aliphatic carbocycles. The van der Waals surface area contributed by atoms with Crippen molar-refractivity contribution in [2.24, 2.45) is 0 Å². The molecule has 0 aliphatic rings. The summed E-state index contributed by atoms with van der Waals surface area (Å²) >= 11 is 3.79. The first kappa shape index (κ1) is 13.0. The number of hydrogen-bond acceptors (Lipinski definition) is 0. The summed E-state index contributed by atoms with van der Waals surface area (Å²) in [5, 5.41) is 0. The predicted molar refractivity (Wildman–Crippen MR) is 47.5 cm³/mol. The molecule has 0 heterocycles. The zero-order chi connectivity index (χ0) is 6.62. The van der Waals surface area contributed by atoms with Crippen molar-refractivity contribution in [3.8, 4) is 0 Å². The Hall–Kier alpha value is 1.39. The maximum absolute atomic E-state index is 3.79. The van der Waals surface area contributed by atoms with E-state index in [1.54, 1.807) is 0 Å². The van der Waals surface area contributed by atoms with Gasteiger partial charge in [-0.2, -0.15) is 0 Å². The van der Waals surface area contributed by atoms with Crippen LogP contribution in [0.15, 0.2) is 0 Å². The molecule has 0 radical (unpaired) electrons. The van der Waals surface area contributed by atoms with E-state index in [1.807, 2.05) is 0 Å². The molecule has 0 aromatic heterocycles. The fourth-order valence-corrected chi connectivity index (χ4v) is 2.01. The lowest BCUT2D eigenvalue weighted by molar-refractivity contribution is -0.00000177. The molecule has 0 nitrogen and oxygen atoms in total. The molecule has 0 rings (SSSR count). The van der Waals surface area contributed by atoms with Crippen molar-refractivity contribution in [3.63, 3.8) is 0 Å². The molecular formula is C6H15Br2P. The standard InChI is InChI=1S/C6H15BrP.BrH/c1-4-8(7,5-2)6-3;/h4-6H2,1-3H3;1H/q+1;/p-1. The van der Waals surface area contributed by atoms with E-state index in [0.717, 1.165) is 0 Å². The third kappa shape index (κ3) is 4.75. The topological polar surface area (TPSA) is 0 Å². The molecule has 0 unspecified atom stereocenters. The minimum Gasteiger partial charge on any atom is -1.00 e. The molecule has 9 heavy (non-hydrogen) atoms. The summed E-state index contributed by atoms with van der Waals surface area (Å²) in [7, 11) is 0. The van der Waals surface area contributed by atoms with Gasteiger partial charge in [0.25, 0.3) is 0 Å². The van der Waals surface area contributed by atoms with Crippen LogP contribution >= 0.6 is 21.5 Å². The van der Waals surface area contributed by atoms with Gasteiger partial charge in [0, 0.05) is 0 Å². The van der Waals surface area contributed by atoms with Crippen molar-refractivity contribution in [1.29, 1.82) is 0 Å². The van der Waals surface area contributed by atoms with Gasteiger partial charge in [0.1, 0.15) is 15.5 Å². The van der Waals surface area contributed by atoms with Crippen LogP contribution in [0.3, 0.4) is 0 Å². The Morgan fingerprint density at radius 1 is 1.00 bits per heavy atom. The minimum absolute atomic E-state index is 0. The predicted octanol–water partition coefficient (Wildman–Crippen LogP) is 0.378. The highest BCUT2D eigenvalue weighted by atomic mass is 79.9. The Morgan fingerprint density at radius 2 is 1.22 bits per heavy atom. The summed E-state index contributed by atoms with van der Waals surface area (Å²) in [6.45, 7) is 6.82. The second kappa shape index (κ2) is 6.12. The molecule has 0 fully saturated rings. The molecule has 0 saturated carbocycles. The smallest absolute Gasteiger partial charge is 0.138 e. The quantitative estimate of drug-likeness (QED) is 0.655. The van der Waals surface area contributed by atoms with Crippen LogP contribution in [0.25, 0.3) is 0 Å². The summed E-state index contributed by atoms with van der Waals surface area (Å²) in [4.78, 5) is 0. The van der Waals surface area contributed by atoms with Gasteiger partial charge in [-0.1, -0.05) is 0 Å². The molecule has 0 saturated heterocycles. The average molecular weight is 278 g/mol. The Kier molecular flexibility index (Phi) is 8.85. The van der Waals surface area contributed by atoms with Crippen molar-refractivity contribution in [2.75, 3.05) is 18.5 Å². The van der Waals surface area contributed by atoms with Gasteiger partial charge in [0.15, 0.2) is 0 Å². The van der Waals surface area contributed by atoms with Crippen molar-refractivity contribution in [1.82, 2.24) is 0 Å². The van der Waals surface area contributed by atoms with Crippen LogP contribution in [0.4, 0.5) is 0 Å². The van der Waals surface area contributed by atoms with Gasteiger partial charge in [0.05, 0.1) is 24.5 Å². The molecule has 0 aromatic carbocycles. The lowest BCUT2D eigenvalue weighted by atomic mass is 10.9. The molecular weight excluding hydrogens is 263 g/mol.